The molecule has 61 valence electrons. The lowest BCUT2D eigenvalue weighted by molar-refractivity contribution is -0.385. The van der Waals surface area contributed by atoms with Crippen molar-refractivity contribution in [3.05, 3.63) is 39.9 Å². The van der Waals surface area contributed by atoms with E-state index < -0.39 is 16.6 Å². The van der Waals surface area contributed by atoms with Crippen molar-refractivity contribution < 1.29 is 14.8 Å². The largest absolute Gasteiger partial charge is 0.477 e. The molecule has 0 aliphatic heterocycles. The second-order valence-corrected chi connectivity index (χ2v) is 2.01. The van der Waals surface area contributed by atoms with Gasteiger partial charge in [-0.15, -0.1) is 0 Å². The second kappa shape index (κ2) is 3.00. The maximum absolute atomic E-state index is 10.4. The number of benzene rings is 1. The molecule has 0 fully saturated rings. The number of carboxylic acids is 1. The third-order valence-electron chi connectivity index (χ3n) is 1.27. The zero-order valence-corrected chi connectivity index (χ0v) is 5.85. The minimum absolute atomic E-state index is 0.321. The van der Waals surface area contributed by atoms with Crippen molar-refractivity contribution in [3.8, 4) is 0 Å². The molecule has 1 aromatic carbocycles. The van der Waals surface area contributed by atoms with Crippen LogP contribution in [-0.2, 0) is 0 Å². The fraction of sp³-hybridized carbons (Fsp3) is 0. The number of nitro groups is 1. The van der Waals surface area contributed by atoms with E-state index in [1.54, 1.807) is 0 Å². The van der Waals surface area contributed by atoms with Crippen LogP contribution in [0.1, 0.15) is 10.4 Å². The molecule has 0 aliphatic rings. The van der Waals surface area contributed by atoms with Gasteiger partial charge in [-0.25, -0.2) is 4.79 Å². The van der Waals surface area contributed by atoms with Crippen molar-refractivity contribution >= 4 is 11.7 Å². The van der Waals surface area contributed by atoms with Gasteiger partial charge in [-0.2, -0.15) is 0 Å². The van der Waals surface area contributed by atoms with Crippen LogP contribution in [0.3, 0.4) is 0 Å². The molecule has 0 saturated heterocycles. The van der Waals surface area contributed by atoms with Gasteiger partial charge in [-0.1, -0.05) is 6.07 Å². The highest BCUT2D eigenvalue weighted by molar-refractivity contribution is 5.92. The number of carbonyl (C=O) groups is 1. The SMILES string of the molecule is O=C(O)c1cc[c]cc1[N+](=O)[O-]. The molecule has 0 bridgehead atoms. The number of hydrogen-bond acceptors (Lipinski definition) is 3. The van der Waals surface area contributed by atoms with Crippen LogP contribution in [0.15, 0.2) is 18.2 Å². The van der Waals surface area contributed by atoms with Gasteiger partial charge in [0.05, 0.1) is 4.92 Å². The normalized spacial score (nSPS) is 9.33. The predicted octanol–water partition coefficient (Wildman–Crippen LogP) is 1.09. The zero-order chi connectivity index (χ0) is 9.14. The van der Waals surface area contributed by atoms with Gasteiger partial charge in [0.25, 0.3) is 5.69 Å². The Morgan fingerprint density at radius 1 is 1.67 bits per heavy atom. The Bertz CT molecular complexity index is 301. The highest BCUT2D eigenvalue weighted by Gasteiger charge is 2.17. The minimum atomic E-state index is -1.31. The van der Waals surface area contributed by atoms with Crippen LogP contribution in [0.4, 0.5) is 5.69 Å². The van der Waals surface area contributed by atoms with Gasteiger partial charge >= 0.3 is 5.97 Å². The van der Waals surface area contributed by atoms with E-state index in [9.17, 15) is 14.9 Å². The summed E-state index contributed by atoms with van der Waals surface area (Å²) in [5, 5.41) is 18.7. The van der Waals surface area contributed by atoms with Gasteiger partial charge in [0.2, 0.25) is 0 Å². The fourth-order valence-electron chi connectivity index (χ4n) is 0.754. The molecule has 0 aromatic heterocycles. The lowest BCUT2D eigenvalue weighted by Gasteiger charge is -1.94. The summed E-state index contributed by atoms with van der Waals surface area (Å²) >= 11 is 0. The van der Waals surface area contributed by atoms with Crippen molar-refractivity contribution in [2.45, 2.75) is 0 Å². The van der Waals surface area contributed by atoms with Gasteiger partial charge < -0.3 is 5.11 Å². The molecule has 12 heavy (non-hydrogen) atoms. The highest BCUT2D eigenvalue weighted by atomic mass is 16.6. The smallest absolute Gasteiger partial charge is 0.342 e. The molecule has 5 heteroatoms. The first-order valence-corrected chi connectivity index (χ1v) is 3.00. The summed E-state index contributed by atoms with van der Waals surface area (Å²) in [6.07, 6.45) is 0. The zero-order valence-electron chi connectivity index (χ0n) is 5.85. The lowest BCUT2D eigenvalue weighted by Crippen LogP contribution is -2.01. The molecule has 0 unspecified atom stereocenters. The van der Waals surface area contributed by atoms with Crippen LogP contribution in [0.25, 0.3) is 0 Å². The Balaban J connectivity index is 3.27. The number of aromatic carboxylic acids is 1. The van der Waals surface area contributed by atoms with Gasteiger partial charge in [-0.05, 0) is 12.1 Å². The van der Waals surface area contributed by atoms with Crippen LogP contribution in [0, 0.1) is 16.2 Å². The summed E-state index contributed by atoms with van der Waals surface area (Å²) in [4.78, 5) is 19.9. The first-order valence-electron chi connectivity index (χ1n) is 3.00. The molecular formula is C7H4NO4. The van der Waals surface area contributed by atoms with E-state index in [-0.39, 0.29) is 5.56 Å². The number of rotatable bonds is 2. The monoisotopic (exact) mass is 166 g/mol. The van der Waals surface area contributed by atoms with Crippen LogP contribution >= 0.6 is 0 Å². The Labute approximate surface area is 67.4 Å². The molecule has 1 rings (SSSR count). The molecule has 1 N–H and O–H groups in total. The number of hydrogen-bond donors (Lipinski definition) is 1. The lowest BCUT2D eigenvalue weighted by atomic mass is 10.2. The minimum Gasteiger partial charge on any atom is -0.477 e. The first-order chi connectivity index (χ1) is 5.63. The summed E-state index contributed by atoms with van der Waals surface area (Å²) in [5.74, 6) is -1.31. The van der Waals surface area contributed by atoms with Crippen LogP contribution in [0.5, 0.6) is 0 Å². The standard InChI is InChI=1S/C7H4NO4/c9-7(10)5-3-1-2-4-6(5)8(11)12/h1,3-4H,(H,9,10). The Kier molecular flexibility index (Phi) is 2.05. The Hall–Kier alpha value is -1.91. The van der Waals surface area contributed by atoms with E-state index in [0.717, 1.165) is 12.1 Å². The molecular weight excluding hydrogens is 162 g/mol. The summed E-state index contributed by atoms with van der Waals surface area (Å²) in [5.41, 5.74) is -0.760. The molecule has 0 aliphatic carbocycles. The van der Waals surface area contributed by atoms with Gasteiger partial charge in [0.1, 0.15) is 5.56 Å². The quantitative estimate of drug-likeness (QED) is 0.526. The molecule has 0 spiro atoms. The molecule has 0 amide bonds. The summed E-state index contributed by atoms with van der Waals surface area (Å²) in [7, 11) is 0. The second-order valence-electron chi connectivity index (χ2n) is 2.01. The maximum Gasteiger partial charge on any atom is 0.342 e. The van der Waals surface area contributed by atoms with E-state index >= 15 is 0 Å². The average molecular weight is 166 g/mol. The number of nitrogens with zero attached hydrogens (tertiary/aromatic N) is 1. The first kappa shape index (κ1) is 8.19. The molecule has 1 radical (unpaired) electrons. The Morgan fingerprint density at radius 3 is 2.75 bits per heavy atom. The van der Waals surface area contributed by atoms with Crippen LogP contribution in [-0.4, -0.2) is 16.0 Å². The number of carboxylic acid groups (broad SMARTS) is 1. The summed E-state index contributed by atoms with van der Waals surface area (Å²) < 4.78 is 0. The van der Waals surface area contributed by atoms with Crippen molar-refractivity contribution in [2.75, 3.05) is 0 Å². The van der Waals surface area contributed by atoms with E-state index in [4.69, 9.17) is 5.11 Å². The van der Waals surface area contributed by atoms with E-state index in [1.165, 1.54) is 6.07 Å². The van der Waals surface area contributed by atoms with Gasteiger partial charge in [0, 0.05) is 6.07 Å². The fourth-order valence-corrected chi connectivity index (χ4v) is 0.754. The van der Waals surface area contributed by atoms with Crippen LogP contribution in [0.2, 0.25) is 0 Å². The van der Waals surface area contributed by atoms with Gasteiger partial charge in [-0.3, -0.25) is 10.1 Å². The van der Waals surface area contributed by atoms with E-state index in [0.29, 0.717) is 0 Å². The molecule has 0 saturated carbocycles. The predicted molar refractivity (Wildman–Crippen MR) is 38.9 cm³/mol. The van der Waals surface area contributed by atoms with Crippen molar-refractivity contribution in [3.63, 3.8) is 0 Å². The van der Waals surface area contributed by atoms with Crippen molar-refractivity contribution in [1.82, 2.24) is 0 Å². The molecule has 0 atom stereocenters. The maximum atomic E-state index is 10.4. The van der Waals surface area contributed by atoms with Crippen LogP contribution < -0.4 is 0 Å². The van der Waals surface area contributed by atoms with Crippen molar-refractivity contribution in [2.24, 2.45) is 0 Å². The van der Waals surface area contributed by atoms with E-state index in [1.807, 2.05) is 0 Å². The summed E-state index contributed by atoms with van der Waals surface area (Å²) in [6, 6.07) is 5.92. The average Bonchev–Trinajstić information content (AvgIpc) is 2.04. The molecule has 1 aromatic rings. The van der Waals surface area contributed by atoms with Gasteiger partial charge in [0.15, 0.2) is 0 Å². The molecule has 0 heterocycles. The molecule has 5 nitrogen and oxygen atoms in total. The highest BCUT2D eigenvalue weighted by Crippen LogP contribution is 2.16. The third-order valence-corrected chi connectivity index (χ3v) is 1.27. The Morgan fingerprint density at radius 2 is 2.33 bits per heavy atom. The summed E-state index contributed by atoms with van der Waals surface area (Å²) in [6.45, 7) is 0. The van der Waals surface area contributed by atoms with Crippen molar-refractivity contribution in [1.29, 1.82) is 0 Å². The number of nitro benzene ring substituents is 1. The third kappa shape index (κ3) is 1.39. The topological polar surface area (TPSA) is 80.4 Å². The van der Waals surface area contributed by atoms with E-state index in [2.05, 4.69) is 6.07 Å².